The molecule has 0 atom stereocenters. The van der Waals surface area contributed by atoms with Gasteiger partial charge in [0, 0.05) is 37.5 Å². The van der Waals surface area contributed by atoms with Gasteiger partial charge in [0.05, 0.1) is 0 Å². The van der Waals surface area contributed by atoms with E-state index < -0.39 is 7.82 Å². The lowest BCUT2D eigenvalue weighted by atomic mass is 10.5. The molecule has 0 bridgehead atoms. The second-order valence-electron chi connectivity index (χ2n) is 2.75. The Balaban J connectivity index is -0.0000000853. The molecule has 20 heavy (non-hydrogen) atoms. The van der Waals surface area contributed by atoms with Crippen LogP contribution in [0.4, 0.5) is 0 Å². The number of hydrogen-bond donors (Lipinski definition) is 3. The number of halogens is 3. The normalized spacial score (nSPS) is 9.25. The summed E-state index contributed by atoms with van der Waals surface area (Å²) in [5, 5.41) is 23.9. The van der Waals surface area contributed by atoms with Gasteiger partial charge in [-0.2, -0.15) is 7.82 Å². The minimum Gasteiger partial charge on any atom is -0.822 e. The van der Waals surface area contributed by atoms with Gasteiger partial charge in [-0.15, -0.1) is 34.8 Å². The molecule has 0 saturated carbocycles. The Kier molecular flexibility index (Phi) is 40.6. The lowest BCUT2D eigenvalue weighted by molar-refractivity contribution is -0.432. The van der Waals surface area contributed by atoms with Crippen LogP contribution in [0.1, 0.15) is 19.3 Å². The highest BCUT2D eigenvalue weighted by molar-refractivity contribution is 7.40. The lowest BCUT2D eigenvalue weighted by Crippen LogP contribution is -2.24. The van der Waals surface area contributed by atoms with E-state index in [9.17, 15) is 0 Å². The summed E-state index contributed by atoms with van der Waals surface area (Å²) in [4.78, 5) is 25.6. The van der Waals surface area contributed by atoms with Crippen molar-refractivity contribution in [3.8, 4) is 0 Å². The first-order valence-corrected chi connectivity index (χ1v) is 8.54. The van der Waals surface area contributed by atoms with Crippen LogP contribution in [-0.2, 0) is 4.57 Å². The van der Waals surface area contributed by atoms with Crippen LogP contribution in [0.15, 0.2) is 0 Å². The van der Waals surface area contributed by atoms with Gasteiger partial charge in [-0.05, 0) is 19.3 Å². The molecular formula is C9H21Cl3O7P-3. The van der Waals surface area contributed by atoms with E-state index >= 15 is 0 Å². The first-order valence-electron chi connectivity index (χ1n) is 5.48. The van der Waals surface area contributed by atoms with Gasteiger partial charge in [-0.3, -0.25) is 0 Å². The maximum atomic E-state index is 8.55. The highest BCUT2D eigenvalue weighted by Crippen LogP contribution is 2.03. The molecule has 0 rings (SSSR count). The van der Waals surface area contributed by atoms with Gasteiger partial charge in [0.15, 0.2) is 0 Å². The van der Waals surface area contributed by atoms with Gasteiger partial charge in [-0.1, -0.05) is 0 Å². The Bertz CT molecular complexity index is 154. The number of aliphatic hydroxyl groups is 3. The van der Waals surface area contributed by atoms with E-state index in [-0.39, 0.29) is 19.8 Å². The summed E-state index contributed by atoms with van der Waals surface area (Å²) in [6, 6.07) is 0. The van der Waals surface area contributed by atoms with Crippen molar-refractivity contribution in [1.82, 2.24) is 0 Å². The van der Waals surface area contributed by atoms with Crippen LogP contribution >= 0.6 is 42.6 Å². The molecule has 3 N–H and O–H groups in total. The van der Waals surface area contributed by atoms with E-state index in [1.165, 1.54) is 0 Å². The molecule has 0 amide bonds. The Morgan fingerprint density at radius 2 is 0.850 bits per heavy atom. The zero-order valence-corrected chi connectivity index (χ0v) is 14.1. The quantitative estimate of drug-likeness (QED) is 0.396. The molecule has 128 valence electrons. The molecule has 0 aromatic heterocycles. The molecule has 11 heteroatoms. The van der Waals surface area contributed by atoms with E-state index in [4.69, 9.17) is 69.4 Å². The van der Waals surface area contributed by atoms with E-state index in [1.54, 1.807) is 0 Å². The zero-order valence-electron chi connectivity index (χ0n) is 10.9. The summed E-state index contributed by atoms with van der Waals surface area (Å²) in [6.07, 6.45) is 2.13. The van der Waals surface area contributed by atoms with Gasteiger partial charge >= 0.3 is 0 Å². The van der Waals surface area contributed by atoms with Crippen molar-refractivity contribution in [3.05, 3.63) is 0 Å². The summed E-state index contributed by atoms with van der Waals surface area (Å²) in [5.41, 5.74) is 0. The number of aliphatic hydroxyl groups excluding tert-OH is 3. The van der Waals surface area contributed by atoms with Crippen molar-refractivity contribution >= 4 is 42.6 Å². The number of rotatable bonds is 6. The first kappa shape index (κ1) is 28.9. The van der Waals surface area contributed by atoms with E-state index in [0.717, 1.165) is 0 Å². The smallest absolute Gasteiger partial charge is 0.0442 e. The standard InChI is InChI=1S/3C3H7ClO.H3O4P/c3*4-2-1-3-5;1-5(2,3)4/h3*5H,1-3H2;(H3,1,2,3,4)/p-3. The number of hydrogen-bond acceptors (Lipinski definition) is 7. The fourth-order valence-electron chi connectivity index (χ4n) is 0.179. The Morgan fingerprint density at radius 3 is 0.850 bits per heavy atom. The third kappa shape index (κ3) is 128. The molecule has 7 nitrogen and oxygen atoms in total. The Labute approximate surface area is 134 Å². The fraction of sp³-hybridized carbons (Fsp3) is 1.00. The molecule has 0 aliphatic carbocycles. The van der Waals surface area contributed by atoms with Crippen molar-refractivity contribution in [2.75, 3.05) is 37.5 Å². The van der Waals surface area contributed by atoms with Crippen molar-refractivity contribution < 1.29 is 34.6 Å². The predicted octanol–water partition coefficient (Wildman–Crippen LogP) is -1.00. The van der Waals surface area contributed by atoms with Crippen LogP contribution in [0.5, 0.6) is 0 Å². The van der Waals surface area contributed by atoms with Crippen LogP contribution in [0.2, 0.25) is 0 Å². The fourth-order valence-corrected chi connectivity index (χ4v) is 0.538. The highest BCUT2D eigenvalue weighted by Gasteiger charge is 1.72. The van der Waals surface area contributed by atoms with E-state index in [1.807, 2.05) is 0 Å². The average Bonchev–Trinajstić information content (AvgIpc) is 2.31. The second kappa shape index (κ2) is 28.1. The summed E-state index contributed by atoms with van der Waals surface area (Å²) in [5.74, 6) is 1.70. The SMILES string of the molecule is O=P([O-])([O-])[O-].OCCCCl.OCCCCl.OCCCCl. The van der Waals surface area contributed by atoms with Crippen LogP contribution < -0.4 is 14.7 Å². The minimum atomic E-state index is -5.39. The summed E-state index contributed by atoms with van der Waals surface area (Å²) < 4.78 is 8.55. The molecular weight excluding hydrogens is 357 g/mol. The van der Waals surface area contributed by atoms with Crippen molar-refractivity contribution in [2.24, 2.45) is 0 Å². The summed E-state index contributed by atoms with van der Waals surface area (Å²) >= 11 is 15.4. The predicted molar refractivity (Wildman–Crippen MR) is 74.9 cm³/mol. The molecule has 0 radical (unpaired) electrons. The third-order valence-electron chi connectivity index (χ3n) is 0.875. The Hall–Kier alpha value is 0.860. The first-order chi connectivity index (χ1) is 9.24. The van der Waals surface area contributed by atoms with Crippen molar-refractivity contribution in [1.29, 1.82) is 0 Å². The van der Waals surface area contributed by atoms with Crippen LogP contribution in [0.3, 0.4) is 0 Å². The van der Waals surface area contributed by atoms with Gasteiger partial charge in [0.25, 0.3) is 0 Å². The van der Waals surface area contributed by atoms with E-state index in [2.05, 4.69) is 0 Å². The topological polar surface area (TPSA) is 147 Å². The van der Waals surface area contributed by atoms with Crippen LogP contribution in [0, 0.1) is 0 Å². The van der Waals surface area contributed by atoms with Crippen LogP contribution in [-0.4, -0.2) is 52.8 Å². The molecule has 0 spiro atoms. The summed E-state index contributed by atoms with van der Waals surface area (Å²) in [7, 11) is -5.39. The molecule has 0 aromatic rings. The molecule has 0 aromatic carbocycles. The van der Waals surface area contributed by atoms with Gasteiger partial charge in [-0.25, -0.2) is 0 Å². The van der Waals surface area contributed by atoms with Gasteiger partial charge < -0.3 is 34.6 Å². The maximum absolute atomic E-state index is 8.55. The molecule has 0 saturated heterocycles. The zero-order chi connectivity index (χ0) is 16.9. The highest BCUT2D eigenvalue weighted by atomic mass is 35.5. The molecule has 0 fully saturated rings. The molecule has 0 aliphatic rings. The molecule has 0 unspecified atom stereocenters. The van der Waals surface area contributed by atoms with Gasteiger partial charge in [0.1, 0.15) is 0 Å². The average molecular weight is 379 g/mol. The monoisotopic (exact) mass is 377 g/mol. The number of phosphoric acid groups is 1. The van der Waals surface area contributed by atoms with E-state index in [0.29, 0.717) is 36.9 Å². The number of alkyl halides is 3. The molecule has 0 heterocycles. The lowest BCUT2D eigenvalue weighted by Gasteiger charge is -2.36. The van der Waals surface area contributed by atoms with Crippen molar-refractivity contribution in [3.63, 3.8) is 0 Å². The maximum Gasteiger partial charge on any atom is 0.0442 e. The minimum absolute atomic E-state index is 0.212. The second-order valence-corrected chi connectivity index (χ2v) is 4.77. The largest absolute Gasteiger partial charge is 0.822 e. The molecule has 0 aliphatic heterocycles. The van der Waals surface area contributed by atoms with Crippen LogP contribution in [0.25, 0.3) is 0 Å². The third-order valence-corrected chi connectivity index (χ3v) is 1.68. The van der Waals surface area contributed by atoms with Crippen molar-refractivity contribution in [2.45, 2.75) is 19.3 Å². The summed E-state index contributed by atoms with van der Waals surface area (Å²) in [6.45, 7) is 0.635. The Morgan fingerprint density at radius 1 is 0.700 bits per heavy atom. The van der Waals surface area contributed by atoms with Gasteiger partial charge in [0.2, 0.25) is 0 Å².